The molecule has 1 N–H and O–H groups in total. The van der Waals surface area contributed by atoms with Crippen molar-refractivity contribution in [3.63, 3.8) is 0 Å². The number of nitrogens with one attached hydrogen (secondary N) is 1. The first-order chi connectivity index (χ1) is 8.71. The van der Waals surface area contributed by atoms with E-state index in [0.717, 1.165) is 0 Å². The van der Waals surface area contributed by atoms with E-state index in [9.17, 15) is 60.7 Å². The molecule has 22 heavy (non-hydrogen) atoms. The first-order valence-corrected chi connectivity index (χ1v) is 6.84. The SMILES string of the molecule is O=S(=O)(NS(=O)(=O)C(F)(F)C(F)(F)C(F)(F)F)C(F)(F)F.[KH]. The summed E-state index contributed by atoms with van der Waals surface area (Å²) in [5, 5.41) is -7.23. The van der Waals surface area contributed by atoms with Crippen molar-refractivity contribution in [3.8, 4) is 0 Å². The maximum atomic E-state index is 12.6. The molecule has 0 rings (SSSR count). The normalized spacial score (nSPS) is 15.4. The Bertz CT molecular complexity index is 604. The van der Waals surface area contributed by atoms with Crippen LogP contribution in [0.15, 0.2) is 0 Å². The van der Waals surface area contributed by atoms with Gasteiger partial charge in [0, 0.05) is 0 Å². The number of alkyl halides is 10. The van der Waals surface area contributed by atoms with Crippen LogP contribution in [0.3, 0.4) is 0 Å². The van der Waals surface area contributed by atoms with E-state index >= 15 is 0 Å². The Kier molecular flexibility index (Phi) is 7.51. The van der Waals surface area contributed by atoms with Gasteiger partial charge in [-0.15, -0.1) is 0 Å². The molecule has 0 aromatic rings. The fourth-order valence-corrected chi connectivity index (χ4v) is 2.98. The van der Waals surface area contributed by atoms with E-state index in [1.165, 1.54) is 0 Å². The third-order valence-corrected chi connectivity index (χ3v) is 4.88. The Morgan fingerprint density at radius 3 is 1.18 bits per heavy atom. The summed E-state index contributed by atoms with van der Waals surface area (Å²) in [5.74, 6) is -7.35. The van der Waals surface area contributed by atoms with Crippen molar-refractivity contribution in [2.75, 3.05) is 0 Å². The summed E-state index contributed by atoms with van der Waals surface area (Å²) >= 11 is 0. The molecule has 0 aromatic heterocycles. The van der Waals surface area contributed by atoms with Crippen molar-refractivity contribution < 1.29 is 60.7 Å². The molecule has 0 heterocycles. The van der Waals surface area contributed by atoms with Crippen LogP contribution >= 0.6 is 0 Å². The van der Waals surface area contributed by atoms with Gasteiger partial charge in [-0.1, -0.05) is 4.13 Å². The third kappa shape index (κ3) is 4.45. The molecule has 5 nitrogen and oxygen atoms in total. The van der Waals surface area contributed by atoms with Crippen molar-refractivity contribution in [2.24, 2.45) is 0 Å². The van der Waals surface area contributed by atoms with Gasteiger partial charge in [-0.3, -0.25) is 0 Å². The summed E-state index contributed by atoms with van der Waals surface area (Å²) in [6, 6.07) is 0. The van der Waals surface area contributed by atoms with E-state index in [1.54, 1.807) is 0 Å². The van der Waals surface area contributed by atoms with Gasteiger partial charge >= 0.3 is 84.3 Å². The second-order valence-electron chi connectivity index (χ2n) is 3.12. The molecule has 0 bridgehead atoms. The van der Waals surface area contributed by atoms with Crippen LogP contribution in [-0.2, 0) is 20.0 Å². The van der Waals surface area contributed by atoms with Gasteiger partial charge in [0.15, 0.2) is 0 Å². The van der Waals surface area contributed by atoms with Crippen molar-refractivity contribution >= 4 is 71.4 Å². The average molecular weight is 421 g/mol. The summed E-state index contributed by atoms with van der Waals surface area (Å²) in [6.07, 6.45) is -7.19. The molecule has 0 aromatic carbocycles. The Labute approximate surface area is 157 Å². The second kappa shape index (κ2) is 6.60. The molecule has 130 valence electrons. The van der Waals surface area contributed by atoms with E-state index in [0.29, 0.717) is 0 Å². The first-order valence-electron chi connectivity index (χ1n) is 3.87. The monoisotopic (exact) mass is 421 g/mol. The molecule has 0 saturated carbocycles. The van der Waals surface area contributed by atoms with Crippen molar-refractivity contribution in [1.29, 1.82) is 0 Å². The first kappa shape index (κ1) is 25.0. The molecule has 18 heteroatoms. The summed E-state index contributed by atoms with van der Waals surface area (Å²) in [6.45, 7) is 0. The molecule has 0 radical (unpaired) electrons. The number of halogens is 10. The molecule has 0 aliphatic rings. The van der Waals surface area contributed by atoms with Crippen LogP contribution in [0.4, 0.5) is 43.9 Å². The minimum atomic E-state index is -7.60. The average Bonchev–Trinajstić information content (AvgIpc) is 2.11. The summed E-state index contributed by atoms with van der Waals surface area (Å²) in [4.78, 5) is 0. The Hall–Kier alpha value is 0.796. The molecular formula is C4H2F10KNO4S2. The fourth-order valence-electron chi connectivity index (χ4n) is 0.578. The van der Waals surface area contributed by atoms with Crippen LogP contribution in [0, 0.1) is 0 Å². The van der Waals surface area contributed by atoms with Gasteiger partial charge in [-0.05, 0) is 0 Å². The molecule has 0 spiro atoms. The topological polar surface area (TPSA) is 80.3 Å². The standard InChI is InChI=1S/C4HF10NO4S2.K.H/c5-1(6,2(7,8)9)3(10,11)20(16,17)15-21(18,19)4(12,13)14;;/h15H;;. The van der Waals surface area contributed by atoms with Crippen molar-refractivity contribution in [1.82, 2.24) is 4.13 Å². The van der Waals surface area contributed by atoms with E-state index in [2.05, 4.69) is 0 Å². The van der Waals surface area contributed by atoms with Gasteiger partial charge in [-0.2, -0.15) is 43.9 Å². The quantitative estimate of drug-likeness (QED) is 0.541. The van der Waals surface area contributed by atoms with Gasteiger partial charge in [0.2, 0.25) is 0 Å². The van der Waals surface area contributed by atoms with Crippen LogP contribution < -0.4 is 4.13 Å². The summed E-state index contributed by atoms with van der Waals surface area (Å²) in [7, 11) is -14.8. The van der Waals surface area contributed by atoms with Crippen LogP contribution in [0.5, 0.6) is 0 Å². The van der Waals surface area contributed by atoms with E-state index in [4.69, 9.17) is 0 Å². The van der Waals surface area contributed by atoms with Crippen molar-refractivity contribution in [3.05, 3.63) is 0 Å². The maximum absolute atomic E-state index is 12.6. The van der Waals surface area contributed by atoms with Gasteiger partial charge < -0.3 is 0 Å². The van der Waals surface area contributed by atoms with Gasteiger partial charge in [0.05, 0.1) is 0 Å². The zero-order valence-electron chi connectivity index (χ0n) is 8.73. The molecule has 0 atom stereocenters. The number of hydrogen-bond acceptors (Lipinski definition) is 4. The van der Waals surface area contributed by atoms with Crippen LogP contribution in [-0.4, -0.2) is 91.1 Å². The van der Waals surface area contributed by atoms with E-state index < -0.39 is 47.0 Å². The second-order valence-corrected chi connectivity index (χ2v) is 6.78. The Morgan fingerprint density at radius 2 is 0.955 bits per heavy atom. The zero-order chi connectivity index (χ0) is 17.7. The number of sulfonamides is 2. The van der Waals surface area contributed by atoms with Gasteiger partial charge in [0.25, 0.3) is 10.0 Å². The van der Waals surface area contributed by atoms with Gasteiger partial charge in [0.1, 0.15) is 0 Å². The number of hydrogen-bond donors (Lipinski definition) is 1. The summed E-state index contributed by atoms with van der Waals surface area (Å²) < 4.78 is 160. The number of rotatable bonds is 4. The Morgan fingerprint density at radius 1 is 0.636 bits per heavy atom. The summed E-state index contributed by atoms with van der Waals surface area (Å²) in [5.41, 5.74) is -6.55. The fraction of sp³-hybridized carbons (Fsp3) is 1.00. The van der Waals surface area contributed by atoms with Crippen LogP contribution in [0.2, 0.25) is 0 Å². The minimum absolute atomic E-state index is 0. The zero-order valence-corrected chi connectivity index (χ0v) is 10.4. The molecule has 0 aliphatic heterocycles. The molecular weight excluding hydrogens is 419 g/mol. The Balaban J connectivity index is 0. The third-order valence-electron chi connectivity index (χ3n) is 1.58. The van der Waals surface area contributed by atoms with Gasteiger partial charge in [-0.25, -0.2) is 16.8 Å². The molecule has 0 fully saturated rings. The van der Waals surface area contributed by atoms with E-state index in [-0.39, 0.29) is 51.4 Å². The predicted octanol–water partition coefficient (Wildman–Crippen LogP) is 0.897. The van der Waals surface area contributed by atoms with Crippen molar-refractivity contribution in [2.45, 2.75) is 22.9 Å². The molecule has 0 aliphatic carbocycles. The molecule has 0 unspecified atom stereocenters. The van der Waals surface area contributed by atoms with E-state index in [1.807, 2.05) is 0 Å². The molecule has 0 saturated heterocycles. The van der Waals surface area contributed by atoms with Crippen LogP contribution in [0.25, 0.3) is 0 Å². The predicted molar refractivity (Wildman–Crippen MR) is 50.1 cm³/mol. The molecule has 0 amide bonds. The van der Waals surface area contributed by atoms with Crippen LogP contribution in [0.1, 0.15) is 0 Å².